The molecule has 0 radical (unpaired) electrons. The molecule has 1 rings (SSSR count). The minimum Gasteiger partial charge on any atom is -0.481 e. The van der Waals surface area contributed by atoms with Gasteiger partial charge in [-0.1, -0.05) is 31.5 Å². The highest BCUT2D eigenvalue weighted by atomic mass is 16.4. The third-order valence-electron chi connectivity index (χ3n) is 4.38. The SMILES string of the molecule is CCC(CC)(CC(=O)N(C)c1ccc(C)cc1C)C(=O)O. The van der Waals surface area contributed by atoms with Crippen molar-refractivity contribution in [2.24, 2.45) is 5.41 Å². The number of rotatable bonds is 6. The Kier molecular flexibility index (Phi) is 5.53. The van der Waals surface area contributed by atoms with Crippen LogP contribution in [0.4, 0.5) is 5.69 Å². The van der Waals surface area contributed by atoms with Crippen LogP contribution in [0.1, 0.15) is 44.2 Å². The number of aryl methyl sites for hydroxylation is 2. The molecule has 116 valence electrons. The first kappa shape index (κ1) is 17.2. The molecule has 4 heteroatoms. The third kappa shape index (κ3) is 3.63. The Labute approximate surface area is 126 Å². The van der Waals surface area contributed by atoms with E-state index in [1.54, 1.807) is 11.9 Å². The average molecular weight is 291 g/mol. The van der Waals surface area contributed by atoms with Gasteiger partial charge < -0.3 is 10.0 Å². The molecule has 0 aliphatic rings. The lowest BCUT2D eigenvalue weighted by atomic mass is 9.79. The lowest BCUT2D eigenvalue weighted by Crippen LogP contribution is -2.38. The standard InChI is InChI=1S/C17H25NO3/c1-6-17(7-2,16(20)21)11-15(19)18(5)14-9-8-12(3)10-13(14)4/h8-10H,6-7,11H2,1-5H3,(H,20,21). The minimum atomic E-state index is -0.968. The van der Waals surface area contributed by atoms with Crippen molar-refractivity contribution in [1.29, 1.82) is 0 Å². The molecule has 0 fully saturated rings. The second-order valence-corrected chi connectivity index (χ2v) is 5.71. The summed E-state index contributed by atoms with van der Waals surface area (Å²) in [5.41, 5.74) is 2.01. The molecule has 0 aromatic heterocycles. The normalized spacial score (nSPS) is 11.3. The maximum atomic E-state index is 12.5. The summed E-state index contributed by atoms with van der Waals surface area (Å²) in [6.07, 6.45) is 0.926. The van der Waals surface area contributed by atoms with Crippen LogP contribution in [0.15, 0.2) is 18.2 Å². The Morgan fingerprint density at radius 1 is 1.19 bits per heavy atom. The summed E-state index contributed by atoms with van der Waals surface area (Å²) >= 11 is 0. The Morgan fingerprint density at radius 2 is 1.76 bits per heavy atom. The second-order valence-electron chi connectivity index (χ2n) is 5.71. The van der Waals surface area contributed by atoms with Crippen LogP contribution in [0.5, 0.6) is 0 Å². The van der Waals surface area contributed by atoms with E-state index in [4.69, 9.17) is 0 Å². The second kappa shape index (κ2) is 6.74. The van der Waals surface area contributed by atoms with Crippen molar-refractivity contribution < 1.29 is 14.7 Å². The predicted molar refractivity (Wildman–Crippen MR) is 84.6 cm³/mol. The zero-order valence-electron chi connectivity index (χ0n) is 13.6. The fourth-order valence-corrected chi connectivity index (χ4v) is 2.60. The highest BCUT2D eigenvalue weighted by Crippen LogP contribution is 2.32. The van der Waals surface area contributed by atoms with Crippen molar-refractivity contribution >= 4 is 17.6 Å². The third-order valence-corrected chi connectivity index (χ3v) is 4.38. The first-order valence-electron chi connectivity index (χ1n) is 7.34. The Balaban J connectivity index is 3.00. The van der Waals surface area contributed by atoms with Crippen molar-refractivity contribution in [1.82, 2.24) is 0 Å². The zero-order chi connectivity index (χ0) is 16.2. The molecule has 0 bridgehead atoms. The molecule has 1 N–H and O–H groups in total. The number of amides is 1. The molecule has 0 aliphatic carbocycles. The van der Waals surface area contributed by atoms with Gasteiger partial charge in [0.05, 0.1) is 5.41 Å². The van der Waals surface area contributed by atoms with Crippen LogP contribution in [0.25, 0.3) is 0 Å². The van der Waals surface area contributed by atoms with Gasteiger partial charge in [-0.2, -0.15) is 0 Å². The summed E-state index contributed by atoms with van der Waals surface area (Å²) in [6, 6.07) is 5.88. The Bertz CT molecular complexity index is 533. The fourth-order valence-electron chi connectivity index (χ4n) is 2.60. The van der Waals surface area contributed by atoms with Gasteiger partial charge in [-0.05, 0) is 38.3 Å². The highest BCUT2D eigenvalue weighted by Gasteiger charge is 2.38. The van der Waals surface area contributed by atoms with E-state index in [1.807, 2.05) is 45.9 Å². The smallest absolute Gasteiger partial charge is 0.310 e. The number of nitrogens with zero attached hydrogens (tertiary/aromatic N) is 1. The molecule has 0 atom stereocenters. The summed E-state index contributed by atoms with van der Waals surface area (Å²) < 4.78 is 0. The largest absolute Gasteiger partial charge is 0.481 e. The number of carboxylic acid groups (broad SMARTS) is 1. The van der Waals surface area contributed by atoms with Gasteiger partial charge in [0.1, 0.15) is 0 Å². The number of hydrogen-bond donors (Lipinski definition) is 1. The number of benzene rings is 1. The van der Waals surface area contributed by atoms with Crippen LogP contribution in [-0.4, -0.2) is 24.0 Å². The average Bonchev–Trinajstić information content (AvgIpc) is 2.43. The van der Waals surface area contributed by atoms with E-state index in [0.29, 0.717) is 12.8 Å². The van der Waals surface area contributed by atoms with E-state index in [1.165, 1.54) is 0 Å². The fraction of sp³-hybridized carbons (Fsp3) is 0.529. The maximum absolute atomic E-state index is 12.5. The summed E-state index contributed by atoms with van der Waals surface area (Å²) in [6.45, 7) is 7.60. The monoisotopic (exact) mass is 291 g/mol. The molecule has 1 aromatic carbocycles. The lowest BCUT2D eigenvalue weighted by molar-refractivity contribution is -0.152. The summed E-state index contributed by atoms with van der Waals surface area (Å²) in [5, 5.41) is 9.45. The quantitative estimate of drug-likeness (QED) is 0.872. The van der Waals surface area contributed by atoms with Gasteiger partial charge in [0.15, 0.2) is 0 Å². The van der Waals surface area contributed by atoms with Crippen molar-refractivity contribution in [2.45, 2.75) is 47.0 Å². The Hall–Kier alpha value is -1.84. The van der Waals surface area contributed by atoms with E-state index in [2.05, 4.69) is 0 Å². The molecule has 4 nitrogen and oxygen atoms in total. The van der Waals surface area contributed by atoms with Crippen LogP contribution in [0, 0.1) is 19.3 Å². The highest BCUT2D eigenvalue weighted by molar-refractivity contribution is 5.96. The number of carboxylic acids is 1. The molecule has 0 heterocycles. The van der Waals surface area contributed by atoms with Crippen LogP contribution < -0.4 is 4.90 Å². The van der Waals surface area contributed by atoms with Gasteiger partial charge in [0, 0.05) is 19.2 Å². The topological polar surface area (TPSA) is 57.6 Å². The van der Waals surface area contributed by atoms with E-state index < -0.39 is 11.4 Å². The first-order valence-corrected chi connectivity index (χ1v) is 7.34. The number of hydrogen-bond acceptors (Lipinski definition) is 2. The lowest BCUT2D eigenvalue weighted by Gasteiger charge is -2.29. The van der Waals surface area contributed by atoms with Crippen molar-refractivity contribution in [3.8, 4) is 0 Å². The van der Waals surface area contributed by atoms with Gasteiger partial charge in [-0.25, -0.2) is 0 Å². The van der Waals surface area contributed by atoms with Crippen LogP contribution in [-0.2, 0) is 9.59 Å². The number of anilines is 1. The molecule has 0 saturated heterocycles. The van der Waals surface area contributed by atoms with E-state index in [0.717, 1.165) is 16.8 Å². The van der Waals surface area contributed by atoms with E-state index in [9.17, 15) is 14.7 Å². The van der Waals surface area contributed by atoms with E-state index >= 15 is 0 Å². The summed E-state index contributed by atoms with van der Waals surface area (Å²) in [4.78, 5) is 25.6. The summed E-state index contributed by atoms with van der Waals surface area (Å²) in [5.74, 6) is -1.05. The van der Waals surface area contributed by atoms with Gasteiger partial charge in [-0.15, -0.1) is 0 Å². The van der Waals surface area contributed by atoms with Gasteiger partial charge >= 0.3 is 5.97 Å². The van der Waals surface area contributed by atoms with Crippen LogP contribution >= 0.6 is 0 Å². The number of aliphatic carboxylic acids is 1. The molecule has 0 unspecified atom stereocenters. The first-order chi connectivity index (χ1) is 9.77. The number of carbonyl (C=O) groups excluding carboxylic acids is 1. The van der Waals surface area contributed by atoms with Crippen molar-refractivity contribution in [2.75, 3.05) is 11.9 Å². The Morgan fingerprint density at radius 3 is 2.19 bits per heavy atom. The van der Waals surface area contributed by atoms with Crippen LogP contribution in [0.3, 0.4) is 0 Å². The number of carbonyl (C=O) groups is 2. The zero-order valence-corrected chi connectivity index (χ0v) is 13.6. The van der Waals surface area contributed by atoms with Gasteiger partial charge in [0.25, 0.3) is 0 Å². The molecule has 0 spiro atoms. The molecular formula is C17H25NO3. The molecule has 0 saturated carbocycles. The molecule has 21 heavy (non-hydrogen) atoms. The molecular weight excluding hydrogens is 266 g/mol. The minimum absolute atomic E-state index is 0.0269. The van der Waals surface area contributed by atoms with Gasteiger partial charge in [0.2, 0.25) is 5.91 Å². The molecule has 1 amide bonds. The van der Waals surface area contributed by atoms with E-state index in [-0.39, 0.29) is 12.3 Å². The van der Waals surface area contributed by atoms with Crippen molar-refractivity contribution in [3.05, 3.63) is 29.3 Å². The van der Waals surface area contributed by atoms with Crippen LogP contribution in [0.2, 0.25) is 0 Å². The molecule has 1 aromatic rings. The molecule has 0 aliphatic heterocycles. The van der Waals surface area contributed by atoms with Crippen molar-refractivity contribution in [3.63, 3.8) is 0 Å². The van der Waals surface area contributed by atoms with Gasteiger partial charge in [-0.3, -0.25) is 9.59 Å². The maximum Gasteiger partial charge on any atom is 0.310 e. The predicted octanol–water partition coefficient (Wildman–Crippen LogP) is 3.55. The summed E-state index contributed by atoms with van der Waals surface area (Å²) in [7, 11) is 1.71.